The van der Waals surface area contributed by atoms with Gasteiger partial charge in [0.1, 0.15) is 0 Å². The summed E-state index contributed by atoms with van der Waals surface area (Å²) in [6.07, 6.45) is -1.20. The summed E-state index contributed by atoms with van der Waals surface area (Å²) in [5, 5.41) is 4.42. The molecule has 4 nitrogen and oxygen atoms in total. The Morgan fingerprint density at radius 3 is 2.52 bits per heavy atom. The van der Waals surface area contributed by atoms with Crippen molar-refractivity contribution < 1.29 is 13.2 Å². The summed E-state index contributed by atoms with van der Waals surface area (Å²) in [6.45, 7) is 9.09. The van der Waals surface area contributed by atoms with Crippen molar-refractivity contribution in [3.05, 3.63) is 63.7 Å². The Balaban J connectivity index is 2.33. The highest BCUT2D eigenvalue weighted by Crippen LogP contribution is 2.37. The highest BCUT2D eigenvalue weighted by atomic mass is 19.4. The first-order valence-electron chi connectivity index (χ1n) is 8.70. The third kappa shape index (κ3) is 3.80. The molecule has 140 valence electrons. The third-order valence-electron chi connectivity index (χ3n) is 4.76. The van der Waals surface area contributed by atoms with E-state index in [2.05, 4.69) is 9.95 Å². The van der Waals surface area contributed by atoms with Crippen LogP contribution in [0.2, 0.25) is 0 Å². The molecule has 0 radical (unpaired) electrons. The van der Waals surface area contributed by atoms with E-state index >= 15 is 0 Å². The SMILES string of the molecule is [C-]#[N+]c1c(C(F)(F)F)cc(-c2ccccc2)n(N=C2CCCCC2C)c1=O. The number of hydrogen-bond acceptors (Lipinski definition) is 2. The minimum atomic E-state index is -4.80. The second kappa shape index (κ2) is 7.39. The number of alkyl halides is 3. The van der Waals surface area contributed by atoms with E-state index in [0.29, 0.717) is 12.0 Å². The van der Waals surface area contributed by atoms with Crippen molar-refractivity contribution in [1.82, 2.24) is 4.68 Å². The van der Waals surface area contributed by atoms with Gasteiger partial charge < -0.3 is 0 Å². The monoisotopic (exact) mass is 373 g/mol. The van der Waals surface area contributed by atoms with Crippen LogP contribution in [-0.4, -0.2) is 10.4 Å². The van der Waals surface area contributed by atoms with E-state index in [1.165, 1.54) is 0 Å². The minimum absolute atomic E-state index is 0.0330. The van der Waals surface area contributed by atoms with Crippen LogP contribution in [0.15, 0.2) is 46.3 Å². The van der Waals surface area contributed by atoms with Crippen LogP contribution < -0.4 is 5.56 Å². The maximum Gasteiger partial charge on any atom is 0.407 e. The summed E-state index contributed by atoms with van der Waals surface area (Å²) in [5.41, 5.74) is -1.97. The summed E-state index contributed by atoms with van der Waals surface area (Å²) < 4.78 is 41.3. The fourth-order valence-electron chi connectivity index (χ4n) is 3.28. The lowest BCUT2D eigenvalue weighted by molar-refractivity contribution is -0.136. The Bertz CT molecular complexity index is 969. The molecule has 1 heterocycles. The van der Waals surface area contributed by atoms with E-state index in [-0.39, 0.29) is 11.6 Å². The van der Waals surface area contributed by atoms with Gasteiger partial charge in [0.2, 0.25) is 0 Å². The summed E-state index contributed by atoms with van der Waals surface area (Å²) >= 11 is 0. The van der Waals surface area contributed by atoms with Crippen LogP contribution in [0.1, 0.15) is 38.2 Å². The first-order chi connectivity index (χ1) is 12.8. The van der Waals surface area contributed by atoms with Crippen LogP contribution in [0.3, 0.4) is 0 Å². The van der Waals surface area contributed by atoms with E-state index in [4.69, 9.17) is 6.57 Å². The second-order valence-electron chi connectivity index (χ2n) is 6.62. The number of halogens is 3. The van der Waals surface area contributed by atoms with Gasteiger partial charge in [0.15, 0.2) is 0 Å². The Morgan fingerprint density at radius 1 is 1.22 bits per heavy atom. The number of hydrogen-bond donors (Lipinski definition) is 0. The van der Waals surface area contributed by atoms with Crippen molar-refractivity contribution in [2.45, 2.75) is 38.8 Å². The molecule has 0 spiro atoms. The molecule has 1 aromatic heterocycles. The number of aromatic nitrogens is 1. The van der Waals surface area contributed by atoms with E-state index < -0.39 is 23.0 Å². The molecule has 1 aromatic carbocycles. The summed E-state index contributed by atoms with van der Waals surface area (Å²) in [7, 11) is 0. The lowest BCUT2D eigenvalue weighted by Gasteiger charge is -2.21. The Labute approximate surface area is 154 Å². The summed E-state index contributed by atoms with van der Waals surface area (Å²) in [6, 6.07) is 9.18. The van der Waals surface area contributed by atoms with E-state index in [1.54, 1.807) is 30.3 Å². The standard InChI is InChI=1S/C20H18F3N3O/c1-13-8-6-7-11-16(13)25-26-17(14-9-4-3-5-10-14)12-15(20(21,22)23)18(24-2)19(26)27/h3-5,9-10,12-13H,6-8,11H2,1H3. The van der Waals surface area contributed by atoms with Crippen molar-refractivity contribution in [1.29, 1.82) is 0 Å². The molecule has 3 rings (SSSR count). The van der Waals surface area contributed by atoms with Gasteiger partial charge in [0.25, 0.3) is 11.2 Å². The largest absolute Gasteiger partial charge is 0.407 e. The molecule has 0 aliphatic heterocycles. The van der Waals surface area contributed by atoms with Crippen LogP contribution in [0.5, 0.6) is 0 Å². The lowest BCUT2D eigenvalue weighted by atomic mass is 9.89. The summed E-state index contributed by atoms with van der Waals surface area (Å²) in [5.74, 6) is 0.146. The molecule has 1 fully saturated rings. The van der Waals surface area contributed by atoms with Gasteiger partial charge in [-0.3, -0.25) is 4.79 Å². The average molecular weight is 373 g/mol. The highest BCUT2D eigenvalue weighted by Gasteiger charge is 2.36. The molecule has 2 aromatic rings. The van der Waals surface area contributed by atoms with Crippen molar-refractivity contribution >= 4 is 11.4 Å². The molecule has 1 unspecified atom stereocenters. The van der Waals surface area contributed by atoms with E-state index in [1.807, 2.05) is 6.92 Å². The van der Waals surface area contributed by atoms with Crippen LogP contribution >= 0.6 is 0 Å². The van der Waals surface area contributed by atoms with Crippen LogP contribution in [0.4, 0.5) is 18.9 Å². The van der Waals surface area contributed by atoms with Gasteiger partial charge >= 0.3 is 6.18 Å². The van der Waals surface area contributed by atoms with Gasteiger partial charge in [-0.05, 0) is 31.2 Å². The topological polar surface area (TPSA) is 38.7 Å². The quantitative estimate of drug-likeness (QED) is 0.641. The first-order valence-corrected chi connectivity index (χ1v) is 8.70. The average Bonchev–Trinajstić information content (AvgIpc) is 2.64. The van der Waals surface area contributed by atoms with Gasteiger partial charge in [-0.15, -0.1) is 0 Å². The zero-order valence-corrected chi connectivity index (χ0v) is 14.8. The molecule has 1 aliphatic carbocycles. The van der Waals surface area contributed by atoms with E-state index in [0.717, 1.165) is 35.7 Å². The number of rotatable bonds is 2. The van der Waals surface area contributed by atoms with Gasteiger partial charge in [-0.25, -0.2) is 9.52 Å². The molecule has 1 aliphatic rings. The Hall–Kier alpha value is -2.88. The second-order valence-corrected chi connectivity index (χ2v) is 6.62. The maximum absolute atomic E-state index is 13.4. The zero-order chi connectivity index (χ0) is 19.6. The van der Waals surface area contributed by atoms with Gasteiger partial charge in [-0.2, -0.15) is 18.3 Å². The summed E-state index contributed by atoms with van der Waals surface area (Å²) in [4.78, 5) is 15.7. The van der Waals surface area contributed by atoms with Crippen molar-refractivity contribution in [3.8, 4) is 11.3 Å². The molecule has 0 N–H and O–H groups in total. The molecule has 7 heteroatoms. The molecule has 0 amide bonds. The molecule has 0 saturated heterocycles. The van der Waals surface area contributed by atoms with Crippen molar-refractivity contribution in [3.63, 3.8) is 0 Å². The predicted molar refractivity (Wildman–Crippen MR) is 97.9 cm³/mol. The van der Waals surface area contributed by atoms with Gasteiger partial charge in [0.05, 0.1) is 17.8 Å². The normalized spacial score (nSPS) is 19.1. The number of pyridine rings is 1. The molecule has 27 heavy (non-hydrogen) atoms. The minimum Gasteiger partial charge on any atom is -0.281 e. The number of nitrogens with zero attached hydrogens (tertiary/aromatic N) is 3. The lowest BCUT2D eigenvalue weighted by Crippen LogP contribution is -2.25. The highest BCUT2D eigenvalue weighted by molar-refractivity contribution is 5.87. The van der Waals surface area contributed by atoms with Crippen molar-refractivity contribution in [2.24, 2.45) is 11.0 Å². The Kier molecular flexibility index (Phi) is 5.17. The Morgan fingerprint density at radius 2 is 1.93 bits per heavy atom. The van der Waals surface area contributed by atoms with Crippen LogP contribution in [-0.2, 0) is 6.18 Å². The molecule has 1 atom stereocenters. The predicted octanol–water partition coefficient (Wildman–Crippen LogP) is 5.50. The van der Waals surface area contributed by atoms with Gasteiger partial charge in [0, 0.05) is 11.3 Å². The molecule has 0 bridgehead atoms. The number of benzene rings is 1. The van der Waals surface area contributed by atoms with Crippen molar-refractivity contribution in [2.75, 3.05) is 0 Å². The molecular weight excluding hydrogens is 355 g/mol. The fourth-order valence-corrected chi connectivity index (χ4v) is 3.28. The third-order valence-corrected chi connectivity index (χ3v) is 4.76. The van der Waals surface area contributed by atoms with Crippen LogP contribution in [0.25, 0.3) is 16.1 Å². The van der Waals surface area contributed by atoms with Crippen LogP contribution in [0, 0.1) is 12.5 Å². The van der Waals surface area contributed by atoms with E-state index in [9.17, 15) is 18.0 Å². The maximum atomic E-state index is 13.4. The zero-order valence-electron chi connectivity index (χ0n) is 14.8. The first kappa shape index (κ1) is 18.9. The molecular formula is C20H18F3N3O. The smallest absolute Gasteiger partial charge is 0.281 e. The van der Waals surface area contributed by atoms with Gasteiger partial charge in [-0.1, -0.05) is 43.7 Å². The molecule has 1 saturated carbocycles. The fraction of sp³-hybridized carbons (Fsp3) is 0.350.